The molecule has 0 bridgehead atoms. The highest BCUT2D eigenvalue weighted by atomic mass is 32.2. The predicted molar refractivity (Wildman–Crippen MR) is 150 cm³/mol. The van der Waals surface area contributed by atoms with Crippen LogP contribution < -0.4 is 14.8 Å². The maximum absolute atomic E-state index is 13.7. The number of sulfone groups is 1. The van der Waals surface area contributed by atoms with Crippen molar-refractivity contribution < 1.29 is 36.2 Å². The summed E-state index contributed by atoms with van der Waals surface area (Å²) in [6, 6.07) is 12.5. The van der Waals surface area contributed by atoms with Crippen LogP contribution in [0.1, 0.15) is 26.3 Å². The third kappa shape index (κ3) is 9.79. The molecule has 39 heavy (non-hydrogen) atoms. The molecule has 0 aliphatic carbocycles. The van der Waals surface area contributed by atoms with Gasteiger partial charge in [-0.3, -0.25) is 4.79 Å². The molecule has 3 atom stereocenters. The van der Waals surface area contributed by atoms with Crippen LogP contribution in [0.15, 0.2) is 53.4 Å². The summed E-state index contributed by atoms with van der Waals surface area (Å²) in [5, 5.41) is 14.1. The number of carbonyl (C=O) groups is 1. The topological polar surface area (TPSA) is 139 Å². The van der Waals surface area contributed by atoms with Gasteiger partial charge in [-0.2, -0.15) is 4.31 Å². The maximum atomic E-state index is 13.7. The van der Waals surface area contributed by atoms with Gasteiger partial charge in [-0.25, -0.2) is 16.8 Å². The van der Waals surface area contributed by atoms with Crippen LogP contribution in [0.25, 0.3) is 0 Å². The summed E-state index contributed by atoms with van der Waals surface area (Å²) in [5.41, 5.74) is 0.816. The summed E-state index contributed by atoms with van der Waals surface area (Å²) in [7, 11) is -4.63. The van der Waals surface area contributed by atoms with Crippen LogP contribution in [-0.2, 0) is 31.1 Å². The molecule has 12 heteroatoms. The Morgan fingerprint density at radius 2 is 1.56 bits per heavy atom. The molecular formula is C27H40N2O8S2. The molecular weight excluding hydrogens is 544 g/mol. The number of nitrogens with zero attached hydrogens (tertiary/aromatic N) is 1. The summed E-state index contributed by atoms with van der Waals surface area (Å²) < 4.78 is 62.5. The van der Waals surface area contributed by atoms with E-state index in [1.807, 2.05) is 44.2 Å². The number of aliphatic hydroxyl groups is 1. The van der Waals surface area contributed by atoms with E-state index in [9.17, 15) is 26.7 Å². The number of aliphatic hydroxyl groups excluding tert-OH is 1. The van der Waals surface area contributed by atoms with E-state index in [-0.39, 0.29) is 41.8 Å². The molecule has 2 unspecified atom stereocenters. The fraction of sp³-hybridized carbons (Fsp3) is 0.519. The number of methoxy groups -OCH3 is 2. The molecule has 1 amide bonds. The maximum Gasteiger partial charge on any atom is 0.243 e. The summed E-state index contributed by atoms with van der Waals surface area (Å²) >= 11 is 0. The van der Waals surface area contributed by atoms with Crippen molar-refractivity contribution in [2.45, 2.75) is 44.2 Å². The first kappa shape index (κ1) is 32.5. The van der Waals surface area contributed by atoms with Gasteiger partial charge in [-0.1, -0.05) is 51.1 Å². The Morgan fingerprint density at radius 3 is 2.10 bits per heavy atom. The number of hydrogen-bond acceptors (Lipinski definition) is 8. The molecule has 2 aromatic rings. The molecule has 0 saturated heterocycles. The molecule has 0 aliphatic heterocycles. The minimum absolute atomic E-state index is 0.0292. The van der Waals surface area contributed by atoms with Gasteiger partial charge in [-0.05, 0) is 30.0 Å². The Bertz CT molecular complexity index is 1300. The minimum atomic E-state index is -4.08. The van der Waals surface area contributed by atoms with Gasteiger partial charge in [0.15, 0.2) is 11.5 Å². The largest absolute Gasteiger partial charge is 0.493 e. The zero-order valence-electron chi connectivity index (χ0n) is 23.3. The van der Waals surface area contributed by atoms with Crippen molar-refractivity contribution in [3.05, 3.63) is 54.1 Å². The van der Waals surface area contributed by atoms with Gasteiger partial charge in [0.1, 0.15) is 9.84 Å². The van der Waals surface area contributed by atoms with Crippen LogP contribution in [0.3, 0.4) is 0 Å². The number of nitrogens with one attached hydrogen (secondary N) is 1. The predicted octanol–water partition coefficient (Wildman–Crippen LogP) is 2.12. The number of benzene rings is 2. The number of ether oxygens (including phenoxy) is 2. The van der Waals surface area contributed by atoms with Crippen LogP contribution >= 0.6 is 0 Å². The fourth-order valence-corrected chi connectivity index (χ4v) is 6.84. The van der Waals surface area contributed by atoms with Crippen LogP contribution in [0.2, 0.25) is 0 Å². The monoisotopic (exact) mass is 584 g/mol. The molecule has 2 aromatic carbocycles. The number of carbonyl (C=O) groups excluding carboxylic acids is 1. The van der Waals surface area contributed by atoms with Crippen molar-refractivity contribution in [3.63, 3.8) is 0 Å². The fourth-order valence-electron chi connectivity index (χ4n) is 4.15. The van der Waals surface area contributed by atoms with E-state index >= 15 is 0 Å². The second-order valence-corrected chi connectivity index (χ2v) is 14.2. The lowest BCUT2D eigenvalue weighted by Gasteiger charge is -2.31. The Kier molecular flexibility index (Phi) is 11.8. The molecule has 0 fully saturated rings. The number of hydrogen-bond donors (Lipinski definition) is 2. The van der Waals surface area contributed by atoms with E-state index in [1.165, 1.54) is 43.6 Å². The number of amides is 1. The van der Waals surface area contributed by atoms with E-state index < -0.39 is 43.8 Å². The minimum Gasteiger partial charge on any atom is -0.493 e. The summed E-state index contributed by atoms with van der Waals surface area (Å²) in [6.45, 7) is 5.03. The Labute approximate surface area is 232 Å². The zero-order valence-corrected chi connectivity index (χ0v) is 25.0. The molecule has 0 aliphatic rings. The first-order chi connectivity index (χ1) is 18.2. The highest BCUT2D eigenvalue weighted by Crippen LogP contribution is 2.31. The molecule has 0 heterocycles. The Balaban J connectivity index is 2.39. The SMILES string of the molecule is COc1ccc(S(=O)(=O)N(CC(C)C)CC(O)C(Cc2ccccc2)NC(=O)[C@H](C)CS(C)(=O)=O)cc1OC. The quantitative estimate of drug-likeness (QED) is 0.325. The van der Waals surface area contributed by atoms with E-state index in [0.717, 1.165) is 11.8 Å². The normalized spacial score (nSPS) is 14.6. The lowest BCUT2D eigenvalue weighted by atomic mass is 10.00. The van der Waals surface area contributed by atoms with Crippen molar-refractivity contribution >= 4 is 25.8 Å². The highest BCUT2D eigenvalue weighted by Gasteiger charge is 2.32. The highest BCUT2D eigenvalue weighted by molar-refractivity contribution is 7.90. The van der Waals surface area contributed by atoms with Crippen molar-refractivity contribution in [1.82, 2.24) is 9.62 Å². The van der Waals surface area contributed by atoms with Crippen LogP contribution in [-0.4, -0.2) is 83.6 Å². The lowest BCUT2D eigenvalue weighted by molar-refractivity contribution is -0.125. The standard InChI is InChI=1S/C27H40N2O8S2/c1-19(2)16-29(39(34,35)22-12-13-25(36-4)26(15-22)37-5)17-24(30)23(14-21-10-8-7-9-11-21)28-27(31)20(3)18-38(6,32)33/h7-13,15,19-20,23-24,30H,14,16-18H2,1-6H3,(H,28,31)/t20-,23?,24?/m1/s1. The van der Waals surface area contributed by atoms with Crippen LogP contribution in [0, 0.1) is 11.8 Å². The summed E-state index contributed by atoms with van der Waals surface area (Å²) in [5.74, 6) is -1.19. The molecule has 2 N–H and O–H groups in total. The molecule has 2 rings (SSSR count). The van der Waals surface area contributed by atoms with Gasteiger partial charge in [-0.15, -0.1) is 0 Å². The Morgan fingerprint density at radius 1 is 0.949 bits per heavy atom. The molecule has 0 aromatic heterocycles. The summed E-state index contributed by atoms with van der Waals surface area (Å²) in [6.07, 6.45) is -0.0329. The molecule has 0 spiro atoms. The van der Waals surface area contributed by atoms with Crippen molar-refractivity contribution in [3.8, 4) is 11.5 Å². The van der Waals surface area contributed by atoms with Crippen LogP contribution in [0.5, 0.6) is 11.5 Å². The van der Waals surface area contributed by atoms with Gasteiger partial charge in [0.05, 0.1) is 37.0 Å². The smallest absolute Gasteiger partial charge is 0.243 e. The number of sulfonamides is 1. The van der Waals surface area contributed by atoms with Crippen molar-refractivity contribution in [2.75, 3.05) is 39.3 Å². The molecule has 0 radical (unpaired) electrons. The third-order valence-electron chi connectivity index (χ3n) is 6.04. The first-order valence-corrected chi connectivity index (χ1v) is 16.1. The van der Waals surface area contributed by atoms with Gasteiger partial charge in [0, 0.05) is 31.3 Å². The average Bonchev–Trinajstić information content (AvgIpc) is 2.86. The molecule has 218 valence electrons. The van der Waals surface area contributed by atoms with Crippen molar-refractivity contribution in [1.29, 1.82) is 0 Å². The second-order valence-electron chi connectivity index (χ2n) is 10.1. The van der Waals surface area contributed by atoms with E-state index in [2.05, 4.69) is 5.32 Å². The first-order valence-electron chi connectivity index (χ1n) is 12.6. The lowest BCUT2D eigenvalue weighted by Crippen LogP contribution is -2.52. The van der Waals surface area contributed by atoms with Gasteiger partial charge in [0.25, 0.3) is 0 Å². The Hall–Kier alpha value is -2.67. The van der Waals surface area contributed by atoms with E-state index in [0.29, 0.717) is 5.75 Å². The average molecular weight is 585 g/mol. The third-order valence-corrected chi connectivity index (χ3v) is 8.98. The van der Waals surface area contributed by atoms with Crippen LogP contribution in [0.4, 0.5) is 0 Å². The van der Waals surface area contributed by atoms with Crippen molar-refractivity contribution in [2.24, 2.45) is 11.8 Å². The summed E-state index contributed by atoms with van der Waals surface area (Å²) in [4.78, 5) is 12.9. The van der Waals surface area contributed by atoms with Gasteiger partial charge >= 0.3 is 0 Å². The molecule has 0 saturated carbocycles. The second kappa shape index (κ2) is 14.1. The number of rotatable bonds is 15. The molecule has 10 nitrogen and oxygen atoms in total. The van der Waals surface area contributed by atoms with Gasteiger partial charge in [0.2, 0.25) is 15.9 Å². The van der Waals surface area contributed by atoms with Gasteiger partial charge < -0.3 is 19.9 Å². The zero-order chi connectivity index (χ0) is 29.4. The van der Waals surface area contributed by atoms with E-state index in [4.69, 9.17) is 9.47 Å². The van der Waals surface area contributed by atoms with E-state index in [1.54, 1.807) is 0 Å².